The van der Waals surface area contributed by atoms with Crippen molar-refractivity contribution in [3.05, 3.63) is 21.9 Å². The number of hydrogen-bond acceptors (Lipinski definition) is 5. The van der Waals surface area contributed by atoms with E-state index in [1.807, 2.05) is 23.3 Å². The van der Waals surface area contributed by atoms with Crippen molar-refractivity contribution >= 4 is 23.2 Å². The molecule has 2 rings (SSSR count). The summed E-state index contributed by atoms with van der Waals surface area (Å²) >= 11 is 1.51. The molecule has 0 aliphatic carbocycles. The molecule has 0 bridgehead atoms. The lowest BCUT2D eigenvalue weighted by Crippen LogP contribution is -2.54. The number of hydrogen-bond donors (Lipinski definition) is 0. The van der Waals surface area contributed by atoms with E-state index in [1.165, 1.54) is 18.4 Å². The topological polar surface area (TPSA) is 49.9 Å². The Labute approximate surface area is 129 Å². The summed E-state index contributed by atoms with van der Waals surface area (Å²) in [7, 11) is 1.41. The van der Waals surface area contributed by atoms with Gasteiger partial charge in [-0.15, -0.1) is 11.3 Å². The Morgan fingerprint density at radius 3 is 2.76 bits per heavy atom. The van der Waals surface area contributed by atoms with Gasteiger partial charge in [-0.05, 0) is 30.9 Å². The van der Waals surface area contributed by atoms with Gasteiger partial charge < -0.3 is 9.64 Å². The molecule has 1 unspecified atom stereocenters. The molecule has 1 saturated heterocycles. The summed E-state index contributed by atoms with van der Waals surface area (Å²) < 4.78 is 4.66. The van der Waals surface area contributed by atoms with Crippen LogP contribution in [-0.4, -0.2) is 61.0 Å². The van der Waals surface area contributed by atoms with Crippen LogP contribution in [0.2, 0.25) is 0 Å². The third-order valence-corrected chi connectivity index (χ3v) is 4.89. The number of aryl methyl sites for hydroxylation is 1. The van der Waals surface area contributed by atoms with Crippen LogP contribution in [0.4, 0.5) is 0 Å². The number of nitrogens with zero attached hydrogens (tertiary/aromatic N) is 2. The fourth-order valence-corrected chi connectivity index (χ4v) is 3.49. The molecular formula is C15H22N2O3S. The highest BCUT2D eigenvalue weighted by atomic mass is 32.1. The van der Waals surface area contributed by atoms with E-state index in [-0.39, 0.29) is 17.9 Å². The summed E-state index contributed by atoms with van der Waals surface area (Å²) in [5, 5.41) is 1.96. The van der Waals surface area contributed by atoms with Gasteiger partial charge in [0.15, 0.2) is 0 Å². The van der Waals surface area contributed by atoms with E-state index in [1.54, 1.807) is 0 Å². The lowest BCUT2D eigenvalue weighted by Gasteiger charge is -2.39. The van der Waals surface area contributed by atoms with E-state index in [0.717, 1.165) is 23.5 Å². The number of piperazine rings is 1. The molecule has 21 heavy (non-hydrogen) atoms. The lowest BCUT2D eigenvalue weighted by atomic mass is 10.1. The Balaban J connectivity index is 1.91. The molecule has 116 valence electrons. The molecule has 0 spiro atoms. The van der Waals surface area contributed by atoms with E-state index in [0.29, 0.717) is 19.5 Å². The Kier molecular flexibility index (Phi) is 5.36. The molecule has 0 N–H and O–H groups in total. The third kappa shape index (κ3) is 3.83. The van der Waals surface area contributed by atoms with Crippen molar-refractivity contribution in [2.75, 3.05) is 33.3 Å². The molecule has 2 heterocycles. The minimum Gasteiger partial charge on any atom is -0.469 e. The molecule has 1 atom stereocenters. The number of amides is 1. The number of esters is 1. The molecule has 0 saturated carbocycles. The van der Waals surface area contributed by atoms with Crippen molar-refractivity contribution in [2.45, 2.75) is 26.3 Å². The van der Waals surface area contributed by atoms with Crippen molar-refractivity contribution in [3.63, 3.8) is 0 Å². The van der Waals surface area contributed by atoms with Gasteiger partial charge in [-0.1, -0.05) is 0 Å². The number of carbonyl (C=O) groups is 2. The highest BCUT2D eigenvalue weighted by Gasteiger charge is 2.29. The highest BCUT2D eigenvalue weighted by Crippen LogP contribution is 2.21. The van der Waals surface area contributed by atoms with Crippen molar-refractivity contribution in [2.24, 2.45) is 0 Å². The Bertz CT molecular complexity index is 515. The van der Waals surface area contributed by atoms with Crippen LogP contribution in [0.1, 0.15) is 28.6 Å². The maximum atomic E-state index is 12.6. The van der Waals surface area contributed by atoms with Crippen molar-refractivity contribution in [3.8, 4) is 0 Å². The van der Waals surface area contributed by atoms with Gasteiger partial charge >= 0.3 is 5.97 Å². The van der Waals surface area contributed by atoms with Crippen molar-refractivity contribution in [1.29, 1.82) is 0 Å². The molecule has 6 heteroatoms. The maximum Gasteiger partial charge on any atom is 0.306 e. The first-order valence-corrected chi connectivity index (χ1v) is 8.05. The van der Waals surface area contributed by atoms with E-state index >= 15 is 0 Å². The van der Waals surface area contributed by atoms with Crippen LogP contribution in [0.5, 0.6) is 0 Å². The smallest absolute Gasteiger partial charge is 0.306 e. The van der Waals surface area contributed by atoms with E-state index < -0.39 is 0 Å². The van der Waals surface area contributed by atoms with E-state index in [4.69, 9.17) is 0 Å². The van der Waals surface area contributed by atoms with Gasteiger partial charge in [0.1, 0.15) is 0 Å². The van der Waals surface area contributed by atoms with Gasteiger partial charge in [-0.25, -0.2) is 0 Å². The fraction of sp³-hybridized carbons (Fsp3) is 0.600. The normalized spacial score (nSPS) is 19.6. The van der Waals surface area contributed by atoms with Crippen molar-refractivity contribution in [1.82, 2.24) is 9.80 Å². The first-order valence-electron chi connectivity index (χ1n) is 7.17. The van der Waals surface area contributed by atoms with Crippen LogP contribution in [0.25, 0.3) is 0 Å². The van der Waals surface area contributed by atoms with Gasteiger partial charge in [0.05, 0.1) is 18.4 Å². The number of thiophene rings is 1. The number of rotatable bonds is 4. The van der Waals surface area contributed by atoms with Gasteiger partial charge in [-0.2, -0.15) is 0 Å². The second-order valence-electron chi connectivity index (χ2n) is 5.41. The predicted molar refractivity (Wildman–Crippen MR) is 82.6 cm³/mol. The molecule has 1 aromatic rings. The van der Waals surface area contributed by atoms with E-state index in [9.17, 15) is 9.59 Å². The largest absolute Gasteiger partial charge is 0.469 e. The zero-order chi connectivity index (χ0) is 15.4. The molecular weight excluding hydrogens is 288 g/mol. The Hall–Kier alpha value is -1.40. The second-order valence-corrected chi connectivity index (χ2v) is 6.32. The van der Waals surface area contributed by atoms with Gasteiger partial charge in [0.2, 0.25) is 0 Å². The minimum atomic E-state index is -0.185. The summed E-state index contributed by atoms with van der Waals surface area (Å²) in [6.07, 6.45) is 0.404. The molecule has 1 aromatic heterocycles. The minimum absolute atomic E-state index is 0.127. The lowest BCUT2D eigenvalue weighted by molar-refractivity contribution is -0.141. The maximum absolute atomic E-state index is 12.6. The quantitative estimate of drug-likeness (QED) is 0.795. The van der Waals surface area contributed by atoms with Crippen LogP contribution in [-0.2, 0) is 9.53 Å². The summed E-state index contributed by atoms with van der Waals surface area (Å²) in [5.74, 6) is -0.0574. The molecule has 0 aromatic carbocycles. The molecule has 0 radical (unpaired) electrons. The molecule has 1 fully saturated rings. The first-order chi connectivity index (χ1) is 10.0. The van der Waals surface area contributed by atoms with E-state index in [2.05, 4.69) is 16.6 Å². The first kappa shape index (κ1) is 16.0. The molecule has 1 aliphatic heterocycles. The van der Waals surface area contributed by atoms with Gasteiger partial charge in [-0.3, -0.25) is 14.5 Å². The van der Waals surface area contributed by atoms with Crippen LogP contribution >= 0.6 is 11.3 Å². The average molecular weight is 310 g/mol. The van der Waals surface area contributed by atoms with Crippen LogP contribution in [0.15, 0.2) is 11.4 Å². The zero-order valence-electron chi connectivity index (χ0n) is 12.8. The summed E-state index contributed by atoms with van der Waals surface area (Å²) in [6, 6.07) is 2.14. The number of methoxy groups -OCH3 is 1. The SMILES string of the molecule is COC(=O)CCN1CCN(C(=O)c2sccc2C)C(C)C1. The molecule has 1 amide bonds. The third-order valence-electron chi connectivity index (χ3n) is 3.89. The van der Waals surface area contributed by atoms with Gasteiger partial charge in [0, 0.05) is 32.2 Å². The summed E-state index contributed by atoms with van der Waals surface area (Å²) in [5.41, 5.74) is 1.05. The summed E-state index contributed by atoms with van der Waals surface area (Å²) in [6.45, 7) is 7.03. The predicted octanol–water partition coefficient (Wildman–Crippen LogP) is 1.77. The Morgan fingerprint density at radius 2 is 2.19 bits per heavy atom. The fourth-order valence-electron chi connectivity index (χ4n) is 2.61. The average Bonchev–Trinajstić information content (AvgIpc) is 2.90. The highest BCUT2D eigenvalue weighted by molar-refractivity contribution is 7.12. The van der Waals surface area contributed by atoms with Crippen molar-refractivity contribution < 1.29 is 14.3 Å². The van der Waals surface area contributed by atoms with Crippen LogP contribution in [0.3, 0.4) is 0 Å². The molecule has 1 aliphatic rings. The van der Waals surface area contributed by atoms with Crippen LogP contribution in [0, 0.1) is 6.92 Å². The zero-order valence-corrected chi connectivity index (χ0v) is 13.6. The second kappa shape index (κ2) is 7.04. The van der Waals surface area contributed by atoms with Gasteiger partial charge in [0.25, 0.3) is 5.91 Å². The number of carbonyl (C=O) groups excluding carboxylic acids is 2. The summed E-state index contributed by atoms with van der Waals surface area (Å²) in [4.78, 5) is 28.7. The molecule has 5 nitrogen and oxygen atoms in total. The number of ether oxygens (including phenoxy) is 1. The monoisotopic (exact) mass is 310 g/mol. The van der Waals surface area contributed by atoms with Crippen LogP contribution < -0.4 is 0 Å². The Morgan fingerprint density at radius 1 is 1.43 bits per heavy atom. The standard InChI is InChI=1S/C15H22N2O3S/c1-11-5-9-21-14(11)15(19)17-8-7-16(10-12(17)2)6-4-13(18)20-3/h5,9,12H,4,6-8,10H2,1-3H3.